The molecule has 2 aromatic heterocycles. The first-order valence-electron chi connectivity index (χ1n) is 9.67. The molecule has 8 heteroatoms. The predicted octanol–water partition coefficient (Wildman–Crippen LogP) is 4.84. The normalized spacial score (nSPS) is 12.5. The first-order chi connectivity index (χ1) is 15.0. The summed E-state index contributed by atoms with van der Waals surface area (Å²) >= 11 is 1.55. The van der Waals surface area contributed by atoms with Gasteiger partial charge in [0, 0.05) is 35.5 Å². The van der Waals surface area contributed by atoms with Gasteiger partial charge < -0.3 is 10.1 Å². The molecule has 4 aromatic rings. The van der Waals surface area contributed by atoms with E-state index in [1.54, 1.807) is 42.8 Å². The Hall–Kier alpha value is -3.52. The molecule has 156 valence electrons. The predicted molar refractivity (Wildman–Crippen MR) is 115 cm³/mol. The SMILES string of the molecule is CNC(=O)c1ccc2c(c1)OCCc1cc(-c3ccnn3-c3ccc(F)cc3F)sc1-2. The van der Waals surface area contributed by atoms with Crippen LogP contribution in [0, 0.1) is 11.6 Å². The van der Waals surface area contributed by atoms with E-state index in [0.717, 1.165) is 26.9 Å². The number of hydrogen-bond donors (Lipinski definition) is 1. The summed E-state index contributed by atoms with van der Waals surface area (Å²) in [4.78, 5) is 13.9. The van der Waals surface area contributed by atoms with Crippen LogP contribution in [0.15, 0.2) is 54.7 Å². The molecule has 1 N–H and O–H groups in total. The molecule has 31 heavy (non-hydrogen) atoms. The van der Waals surface area contributed by atoms with Crippen molar-refractivity contribution in [1.29, 1.82) is 0 Å². The van der Waals surface area contributed by atoms with Crippen LogP contribution in [0.1, 0.15) is 15.9 Å². The smallest absolute Gasteiger partial charge is 0.251 e. The number of thiophene rings is 1. The minimum absolute atomic E-state index is 0.173. The van der Waals surface area contributed by atoms with E-state index < -0.39 is 11.6 Å². The largest absolute Gasteiger partial charge is 0.493 e. The quantitative estimate of drug-likeness (QED) is 0.499. The second-order valence-electron chi connectivity index (χ2n) is 7.08. The monoisotopic (exact) mass is 437 g/mol. The third kappa shape index (κ3) is 3.38. The average Bonchev–Trinajstić information content (AvgIpc) is 3.37. The van der Waals surface area contributed by atoms with Crippen LogP contribution in [-0.2, 0) is 6.42 Å². The topological polar surface area (TPSA) is 56.1 Å². The van der Waals surface area contributed by atoms with Gasteiger partial charge in [0.15, 0.2) is 5.82 Å². The second kappa shape index (κ2) is 7.63. The molecule has 1 aliphatic rings. The van der Waals surface area contributed by atoms with Crippen LogP contribution in [0.4, 0.5) is 8.78 Å². The maximum Gasteiger partial charge on any atom is 0.251 e. The summed E-state index contributed by atoms with van der Waals surface area (Å²) in [5, 5.41) is 6.87. The number of carbonyl (C=O) groups excluding carboxylic acids is 1. The number of hydrogen-bond acceptors (Lipinski definition) is 4. The highest BCUT2D eigenvalue weighted by atomic mass is 32.1. The third-order valence-corrected chi connectivity index (χ3v) is 6.42. The number of nitrogens with one attached hydrogen (secondary N) is 1. The number of nitrogens with zero attached hydrogens (tertiary/aromatic N) is 2. The lowest BCUT2D eigenvalue weighted by molar-refractivity contribution is 0.0962. The molecule has 0 spiro atoms. The molecule has 0 saturated heterocycles. The first-order valence-corrected chi connectivity index (χ1v) is 10.5. The van der Waals surface area contributed by atoms with E-state index in [9.17, 15) is 13.6 Å². The van der Waals surface area contributed by atoms with Crippen LogP contribution in [0.3, 0.4) is 0 Å². The fourth-order valence-corrected chi connectivity index (χ4v) is 4.94. The van der Waals surface area contributed by atoms with Crippen LogP contribution in [0.25, 0.3) is 26.7 Å². The Kier molecular flexibility index (Phi) is 4.78. The number of ether oxygens (including phenoxy) is 1. The van der Waals surface area contributed by atoms with E-state index >= 15 is 0 Å². The van der Waals surface area contributed by atoms with Crippen LogP contribution in [0.2, 0.25) is 0 Å². The molecule has 0 atom stereocenters. The zero-order chi connectivity index (χ0) is 21.5. The maximum atomic E-state index is 14.4. The first kappa shape index (κ1) is 19.4. The van der Waals surface area contributed by atoms with Crippen LogP contribution < -0.4 is 10.1 Å². The Bertz CT molecular complexity index is 1310. The van der Waals surface area contributed by atoms with Gasteiger partial charge in [-0.3, -0.25) is 4.79 Å². The van der Waals surface area contributed by atoms with Gasteiger partial charge in [0.1, 0.15) is 17.3 Å². The van der Waals surface area contributed by atoms with Crippen molar-refractivity contribution >= 4 is 17.2 Å². The van der Waals surface area contributed by atoms with E-state index in [1.165, 1.54) is 16.8 Å². The number of rotatable bonds is 3. The lowest BCUT2D eigenvalue weighted by Gasteiger charge is -2.09. The summed E-state index contributed by atoms with van der Waals surface area (Å²) in [5.74, 6) is -0.826. The summed E-state index contributed by atoms with van der Waals surface area (Å²) in [5.41, 5.74) is 3.46. The number of halogens is 2. The lowest BCUT2D eigenvalue weighted by Crippen LogP contribution is -2.17. The molecule has 0 bridgehead atoms. The van der Waals surface area contributed by atoms with E-state index in [1.807, 2.05) is 6.07 Å². The molecular formula is C23H17F2N3O2S. The minimum Gasteiger partial charge on any atom is -0.493 e. The molecule has 5 rings (SSSR count). The Balaban J connectivity index is 1.60. The summed E-state index contributed by atoms with van der Waals surface area (Å²) in [6.07, 6.45) is 2.30. The summed E-state index contributed by atoms with van der Waals surface area (Å²) < 4.78 is 35.1. The van der Waals surface area contributed by atoms with E-state index in [0.29, 0.717) is 30.0 Å². The molecule has 0 aliphatic carbocycles. The molecule has 1 aliphatic heterocycles. The van der Waals surface area contributed by atoms with Gasteiger partial charge in [-0.15, -0.1) is 11.3 Å². The van der Waals surface area contributed by atoms with Crippen molar-refractivity contribution in [1.82, 2.24) is 15.1 Å². The van der Waals surface area contributed by atoms with Gasteiger partial charge >= 0.3 is 0 Å². The van der Waals surface area contributed by atoms with Gasteiger partial charge in [-0.05, 0) is 48.0 Å². The van der Waals surface area contributed by atoms with Gasteiger partial charge in [-0.1, -0.05) is 0 Å². The molecule has 0 radical (unpaired) electrons. The second-order valence-corrected chi connectivity index (χ2v) is 8.13. The van der Waals surface area contributed by atoms with Crippen LogP contribution in [-0.4, -0.2) is 29.3 Å². The van der Waals surface area contributed by atoms with Crippen molar-refractivity contribution in [2.45, 2.75) is 6.42 Å². The Morgan fingerprint density at radius 2 is 2.03 bits per heavy atom. The number of fused-ring (bicyclic) bond motifs is 3. The average molecular weight is 437 g/mol. The lowest BCUT2D eigenvalue weighted by atomic mass is 10.0. The van der Waals surface area contributed by atoms with Gasteiger partial charge in [-0.25, -0.2) is 13.5 Å². The standard InChI is InChI=1S/C23H17F2N3O2S/c1-26-23(29)14-2-4-16-20(10-14)30-9-7-13-11-21(31-22(13)16)19-6-8-27-28(19)18-5-3-15(24)12-17(18)25/h2-6,8,10-12H,7,9H2,1H3,(H,26,29). The molecular weight excluding hydrogens is 420 g/mol. The molecule has 2 aromatic carbocycles. The zero-order valence-electron chi connectivity index (χ0n) is 16.5. The molecule has 0 saturated carbocycles. The van der Waals surface area contributed by atoms with Gasteiger partial charge in [0.05, 0.1) is 23.4 Å². The van der Waals surface area contributed by atoms with Gasteiger partial charge in [-0.2, -0.15) is 5.10 Å². The molecule has 0 unspecified atom stereocenters. The van der Waals surface area contributed by atoms with Crippen molar-refractivity contribution in [3.8, 4) is 32.4 Å². The molecule has 1 amide bonds. The van der Waals surface area contributed by atoms with E-state index in [-0.39, 0.29) is 11.6 Å². The van der Waals surface area contributed by atoms with Crippen molar-refractivity contribution in [3.63, 3.8) is 0 Å². The van der Waals surface area contributed by atoms with Crippen LogP contribution in [0.5, 0.6) is 5.75 Å². The van der Waals surface area contributed by atoms with Gasteiger partial charge in [0.2, 0.25) is 0 Å². The minimum atomic E-state index is -0.677. The molecule has 5 nitrogen and oxygen atoms in total. The fraction of sp³-hybridized carbons (Fsp3) is 0.130. The van der Waals surface area contributed by atoms with Crippen LogP contribution >= 0.6 is 11.3 Å². The highest BCUT2D eigenvalue weighted by Crippen LogP contribution is 2.44. The summed E-state index contributed by atoms with van der Waals surface area (Å²) in [6, 6.07) is 12.7. The Labute approximate surface area is 180 Å². The Morgan fingerprint density at radius 1 is 1.16 bits per heavy atom. The highest BCUT2D eigenvalue weighted by molar-refractivity contribution is 7.19. The fourth-order valence-electron chi connectivity index (χ4n) is 3.69. The molecule has 3 heterocycles. The highest BCUT2D eigenvalue weighted by Gasteiger charge is 2.22. The van der Waals surface area contributed by atoms with Crippen molar-refractivity contribution in [2.24, 2.45) is 0 Å². The van der Waals surface area contributed by atoms with Crippen molar-refractivity contribution in [2.75, 3.05) is 13.7 Å². The third-order valence-electron chi connectivity index (χ3n) is 5.19. The Morgan fingerprint density at radius 3 is 2.84 bits per heavy atom. The molecule has 0 fully saturated rings. The van der Waals surface area contributed by atoms with Gasteiger partial charge in [0.25, 0.3) is 5.91 Å². The summed E-state index contributed by atoms with van der Waals surface area (Å²) in [7, 11) is 1.59. The number of carbonyl (C=O) groups is 1. The van der Waals surface area contributed by atoms with Crippen molar-refractivity contribution < 1.29 is 18.3 Å². The zero-order valence-corrected chi connectivity index (χ0v) is 17.3. The summed E-state index contributed by atoms with van der Waals surface area (Å²) in [6.45, 7) is 0.485. The number of amides is 1. The maximum absolute atomic E-state index is 14.4. The number of benzene rings is 2. The van der Waals surface area contributed by atoms with E-state index in [2.05, 4.69) is 16.5 Å². The number of aromatic nitrogens is 2. The van der Waals surface area contributed by atoms with E-state index in [4.69, 9.17) is 4.74 Å². The van der Waals surface area contributed by atoms with Crippen molar-refractivity contribution in [3.05, 3.63) is 77.5 Å².